The zero-order valence-electron chi connectivity index (χ0n) is 16.4. The lowest BCUT2D eigenvalue weighted by Gasteiger charge is -2.28. The third-order valence-corrected chi connectivity index (χ3v) is 5.55. The molecule has 0 bridgehead atoms. The molecule has 5 heteroatoms. The minimum atomic E-state index is -0.818. The highest BCUT2D eigenvalue weighted by atomic mass is 16.7. The third kappa shape index (κ3) is 3.15. The summed E-state index contributed by atoms with van der Waals surface area (Å²) < 4.78 is 11.9. The topological polar surface area (TPSA) is 64.8 Å². The van der Waals surface area contributed by atoms with Gasteiger partial charge in [0, 0.05) is 30.2 Å². The molecular formula is C23H26N2O3. The molecule has 1 saturated heterocycles. The smallest absolute Gasteiger partial charge is 0.258 e. The molecule has 0 radical (unpaired) electrons. The second-order valence-electron chi connectivity index (χ2n) is 7.24. The van der Waals surface area contributed by atoms with Crippen LogP contribution in [0, 0.1) is 0 Å². The first-order valence-corrected chi connectivity index (χ1v) is 9.79. The van der Waals surface area contributed by atoms with Gasteiger partial charge >= 0.3 is 0 Å². The van der Waals surface area contributed by atoms with Crippen LogP contribution in [0.2, 0.25) is 0 Å². The Morgan fingerprint density at radius 3 is 2.50 bits per heavy atom. The van der Waals surface area contributed by atoms with Crippen LogP contribution in [0.25, 0.3) is 11.6 Å². The van der Waals surface area contributed by atoms with Gasteiger partial charge in [0.15, 0.2) is 5.79 Å². The van der Waals surface area contributed by atoms with E-state index in [2.05, 4.69) is 31.2 Å². The number of hydrogen-bond donors (Lipinski definition) is 1. The molecule has 1 fully saturated rings. The summed E-state index contributed by atoms with van der Waals surface area (Å²) in [6, 6.07) is 14.3. The van der Waals surface area contributed by atoms with Crippen molar-refractivity contribution in [3.05, 3.63) is 64.7 Å². The second kappa shape index (κ2) is 7.51. The van der Waals surface area contributed by atoms with E-state index in [9.17, 15) is 4.79 Å². The summed E-state index contributed by atoms with van der Waals surface area (Å²) >= 11 is 0. The van der Waals surface area contributed by atoms with Gasteiger partial charge in [0.1, 0.15) is 0 Å². The van der Waals surface area contributed by atoms with Crippen molar-refractivity contribution in [1.82, 2.24) is 0 Å². The predicted octanol–water partition coefficient (Wildman–Crippen LogP) is 3.31. The summed E-state index contributed by atoms with van der Waals surface area (Å²) in [6.45, 7) is 3.68. The van der Waals surface area contributed by atoms with E-state index in [1.807, 2.05) is 24.3 Å². The van der Waals surface area contributed by atoms with E-state index in [1.165, 1.54) is 5.56 Å². The van der Waals surface area contributed by atoms with Gasteiger partial charge in [0.25, 0.3) is 5.91 Å². The van der Waals surface area contributed by atoms with Crippen LogP contribution in [0.4, 0.5) is 5.69 Å². The zero-order chi connectivity index (χ0) is 19.7. The van der Waals surface area contributed by atoms with E-state index in [0.29, 0.717) is 31.8 Å². The number of hydrogen-bond acceptors (Lipinski definition) is 4. The number of nitrogens with zero attached hydrogens (tertiary/aromatic N) is 1. The fraction of sp³-hybridized carbons (Fsp3) is 0.348. The van der Waals surface area contributed by atoms with Crippen LogP contribution in [0.5, 0.6) is 0 Å². The standard InChI is InChI=1S/C23H26N2O3/c1-3-16-4-6-17(7-5-16)14-20-19-15-18(8-9-21(19)25(2)22(20)26)23(10-11-24)27-12-13-28-23/h4-9,14-15H,3,10-13,24H2,1-2H3/b20-14-. The lowest BCUT2D eigenvalue weighted by atomic mass is 9.96. The predicted molar refractivity (Wildman–Crippen MR) is 111 cm³/mol. The number of amides is 1. The number of carbonyl (C=O) groups is 1. The summed E-state index contributed by atoms with van der Waals surface area (Å²) in [5.74, 6) is -0.824. The van der Waals surface area contributed by atoms with E-state index in [-0.39, 0.29) is 5.91 Å². The number of carbonyl (C=O) groups excluding carboxylic acids is 1. The van der Waals surface area contributed by atoms with Crippen LogP contribution in [0.1, 0.15) is 35.6 Å². The normalized spacial score (nSPS) is 19.5. The van der Waals surface area contributed by atoms with Crippen LogP contribution in [-0.2, 0) is 26.5 Å². The van der Waals surface area contributed by atoms with Crippen molar-refractivity contribution < 1.29 is 14.3 Å². The molecule has 0 unspecified atom stereocenters. The highest BCUT2D eigenvalue weighted by molar-refractivity contribution is 6.35. The molecule has 2 N–H and O–H groups in total. The van der Waals surface area contributed by atoms with Crippen molar-refractivity contribution in [2.24, 2.45) is 5.73 Å². The van der Waals surface area contributed by atoms with E-state index in [1.54, 1.807) is 11.9 Å². The molecule has 4 rings (SSSR count). The minimum Gasteiger partial charge on any atom is -0.343 e. The van der Waals surface area contributed by atoms with Gasteiger partial charge in [-0.15, -0.1) is 0 Å². The molecule has 2 aliphatic heterocycles. The average molecular weight is 378 g/mol. The number of aryl methyl sites for hydroxylation is 1. The van der Waals surface area contributed by atoms with Crippen molar-refractivity contribution in [2.45, 2.75) is 25.6 Å². The van der Waals surface area contributed by atoms with Gasteiger partial charge in [0.05, 0.1) is 18.9 Å². The van der Waals surface area contributed by atoms with Gasteiger partial charge < -0.3 is 20.1 Å². The largest absolute Gasteiger partial charge is 0.343 e. The number of rotatable bonds is 5. The SMILES string of the molecule is CCc1ccc(/C=C2\C(=O)N(C)c3ccc(C4(CCN)OCCO4)cc32)cc1. The van der Waals surface area contributed by atoms with Crippen LogP contribution >= 0.6 is 0 Å². The molecule has 146 valence electrons. The molecule has 5 nitrogen and oxygen atoms in total. The number of likely N-dealkylation sites (N-methyl/N-ethyl adjacent to an activating group) is 1. The number of benzene rings is 2. The van der Waals surface area contributed by atoms with Crippen LogP contribution in [0.15, 0.2) is 42.5 Å². The molecule has 2 heterocycles. The molecule has 2 aromatic rings. The summed E-state index contributed by atoms with van der Waals surface area (Å²) in [4.78, 5) is 14.6. The quantitative estimate of drug-likeness (QED) is 0.811. The molecule has 2 aromatic carbocycles. The Kier molecular flexibility index (Phi) is 5.06. The molecule has 0 atom stereocenters. The molecule has 0 aliphatic carbocycles. The summed E-state index contributed by atoms with van der Waals surface area (Å²) in [5, 5.41) is 0. The van der Waals surface area contributed by atoms with E-state index in [4.69, 9.17) is 15.2 Å². The maximum atomic E-state index is 12.9. The molecule has 0 aromatic heterocycles. The first-order chi connectivity index (χ1) is 13.6. The molecule has 0 spiro atoms. The van der Waals surface area contributed by atoms with E-state index in [0.717, 1.165) is 28.8 Å². The van der Waals surface area contributed by atoms with Gasteiger partial charge in [-0.1, -0.05) is 37.3 Å². The van der Waals surface area contributed by atoms with Gasteiger partial charge in [-0.05, 0) is 42.3 Å². The van der Waals surface area contributed by atoms with Gasteiger partial charge in [-0.2, -0.15) is 0 Å². The summed E-state index contributed by atoms with van der Waals surface area (Å²) in [7, 11) is 1.81. The van der Waals surface area contributed by atoms with Gasteiger partial charge in [0.2, 0.25) is 0 Å². The monoisotopic (exact) mass is 378 g/mol. The second-order valence-corrected chi connectivity index (χ2v) is 7.24. The fourth-order valence-electron chi connectivity index (χ4n) is 3.94. The number of anilines is 1. The third-order valence-electron chi connectivity index (χ3n) is 5.55. The van der Waals surface area contributed by atoms with Crippen LogP contribution in [-0.4, -0.2) is 32.7 Å². The molecule has 0 saturated carbocycles. The Morgan fingerprint density at radius 1 is 1.14 bits per heavy atom. The fourth-order valence-corrected chi connectivity index (χ4v) is 3.94. The molecule has 1 amide bonds. The van der Waals surface area contributed by atoms with Crippen molar-refractivity contribution in [3.63, 3.8) is 0 Å². The lowest BCUT2D eigenvalue weighted by molar-refractivity contribution is -0.168. The maximum absolute atomic E-state index is 12.9. The van der Waals surface area contributed by atoms with E-state index >= 15 is 0 Å². The summed E-state index contributed by atoms with van der Waals surface area (Å²) in [6.07, 6.45) is 3.53. The Hall–Kier alpha value is -2.47. The Bertz CT molecular complexity index is 912. The first kappa shape index (κ1) is 18.9. The van der Waals surface area contributed by atoms with Crippen molar-refractivity contribution in [2.75, 3.05) is 31.7 Å². The van der Waals surface area contributed by atoms with Crippen LogP contribution < -0.4 is 10.6 Å². The van der Waals surface area contributed by atoms with Gasteiger partial charge in [-0.25, -0.2) is 0 Å². The van der Waals surface area contributed by atoms with Crippen molar-refractivity contribution >= 4 is 23.2 Å². The number of ether oxygens (including phenoxy) is 2. The van der Waals surface area contributed by atoms with Crippen molar-refractivity contribution in [1.29, 1.82) is 0 Å². The number of fused-ring (bicyclic) bond motifs is 1. The van der Waals surface area contributed by atoms with Crippen LogP contribution in [0.3, 0.4) is 0 Å². The zero-order valence-corrected chi connectivity index (χ0v) is 16.4. The minimum absolute atomic E-state index is 0.00662. The highest BCUT2D eigenvalue weighted by Gasteiger charge is 2.40. The molecule has 2 aliphatic rings. The highest BCUT2D eigenvalue weighted by Crippen LogP contribution is 2.42. The van der Waals surface area contributed by atoms with E-state index < -0.39 is 5.79 Å². The Labute approximate surface area is 165 Å². The Balaban J connectivity index is 1.77. The Morgan fingerprint density at radius 2 is 1.86 bits per heavy atom. The van der Waals surface area contributed by atoms with Crippen molar-refractivity contribution in [3.8, 4) is 0 Å². The average Bonchev–Trinajstić information content (AvgIpc) is 3.29. The molecular weight excluding hydrogens is 352 g/mol. The maximum Gasteiger partial charge on any atom is 0.258 e. The number of nitrogens with two attached hydrogens (primary N) is 1. The first-order valence-electron chi connectivity index (χ1n) is 9.79. The lowest BCUT2D eigenvalue weighted by Crippen LogP contribution is -2.30. The molecule has 28 heavy (non-hydrogen) atoms. The summed E-state index contributed by atoms with van der Waals surface area (Å²) in [5.41, 5.74) is 11.5. The van der Waals surface area contributed by atoms with Gasteiger partial charge in [-0.3, -0.25) is 4.79 Å².